The van der Waals surface area contributed by atoms with Gasteiger partial charge in [0.05, 0.1) is 6.42 Å². The molecule has 3 rings (SSSR count). The van der Waals surface area contributed by atoms with Crippen LogP contribution in [0.25, 0.3) is 11.1 Å². The lowest BCUT2D eigenvalue weighted by Gasteiger charge is -2.27. The van der Waals surface area contributed by atoms with Crippen LogP contribution < -0.4 is 10.6 Å². The molecule has 0 saturated heterocycles. The number of carbonyl (C=O) groups excluding carboxylic acids is 2. The van der Waals surface area contributed by atoms with Gasteiger partial charge in [0.1, 0.15) is 6.61 Å². The molecule has 0 aliphatic heterocycles. The lowest BCUT2D eigenvalue weighted by Crippen LogP contribution is -2.45. The Morgan fingerprint density at radius 1 is 1.03 bits per heavy atom. The molecule has 182 valence electrons. The molecule has 0 aromatic heterocycles. The van der Waals surface area contributed by atoms with Crippen LogP contribution in [0, 0.1) is 5.41 Å². The van der Waals surface area contributed by atoms with Gasteiger partial charge in [-0.2, -0.15) is 0 Å². The maximum Gasteiger partial charge on any atom is 0.407 e. The second-order valence-electron chi connectivity index (χ2n) is 9.44. The number of hydrogen-bond donors (Lipinski definition) is 3. The molecule has 2 amide bonds. The van der Waals surface area contributed by atoms with Gasteiger partial charge >= 0.3 is 12.1 Å². The van der Waals surface area contributed by atoms with E-state index in [9.17, 15) is 14.4 Å². The first-order valence-corrected chi connectivity index (χ1v) is 11.8. The van der Waals surface area contributed by atoms with E-state index in [1.54, 1.807) is 13.8 Å². The van der Waals surface area contributed by atoms with Crippen LogP contribution in [0.1, 0.15) is 63.5 Å². The van der Waals surface area contributed by atoms with Gasteiger partial charge in [0, 0.05) is 23.9 Å². The Hall–Kier alpha value is -3.35. The van der Waals surface area contributed by atoms with Gasteiger partial charge in [-0.3, -0.25) is 9.59 Å². The van der Waals surface area contributed by atoms with Crippen LogP contribution in [0.2, 0.25) is 0 Å². The second kappa shape index (κ2) is 11.2. The van der Waals surface area contributed by atoms with Crippen LogP contribution in [0.15, 0.2) is 48.5 Å². The number of aliphatic carboxylic acids is 1. The zero-order valence-electron chi connectivity index (χ0n) is 20.1. The molecule has 0 fully saturated rings. The fourth-order valence-electron chi connectivity index (χ4n) is 4.41. The zero-order valence-corrected chi connectivity index (χ0v) is 20.1. The maximum absolute atomic E-state index is 12.7. The summed E-state index contributed by atoms with van der Waals surface area (Å²) in [6.45, 7) is 6.02. The predicted molar refractivity (Wildman–Crippen MR) is 131 cm³/mol. The molecule has 1 atom stereocenters. The Bertz CT molecular complexity index is 988. The standard InChI is InChI=1S/C27H34N2O5/c1-4-9-18(16-24(30)31)29-25(32)27(2,3)14-15-28-26(33)34-17-23-21-12-7-5-10-19(21)20-11-6-8-13-22(20)23/h5-8,10-13,18,23H,4,9,14-17H2,1-3H3,(H,28,33)(H,29,32)(H,30,31)/t18-/m1/s1. The summed E-state index contributed by atoms with van der Waals surface area (Å²) in [5.41, 5.74) is 3.88. The van der Waals surface area contributed by atoms with Crippen molar-refractivity contribution in [1.29, 1.82) is 0 Å². The van der Waals surface area contributed by atoms with Gasteiger partial charge in [-0.25, -0.2) is 4.79 Å². The summed E-state index contributed by atoms with van der Waals surface area (Å²) in [7, 11) is 0. The summed E-state index contributed by atoms with van der Waals surface area (Å²) < 4.78 is 5.54. The SMILES string of the molecule is CCC[C@H](CC(=O)O)NC(=O)C(C)(C)CCNC(=O)OCC1c2ccccc2-c2ccccc21. The van der Waals surface area contributed by atoms with Crippen LogP contribution in [-0.2, 0) is 14.3 Å². The highest BCUT2D eigenvalue weighted by Crippen LogP contribution is 2.44. The van der Waals surface area contributed by atoms with E-state index in [4.69, 9.17) is 9.84 Å². The Labute approximate surface area is 200 Å². The average molecular weight is 467 g/mol. The summed E-state index contributed by atoms with van der Waals surface area (Å²) in [5, 5.41) is 14.6. The summed E-state index contributed by atoms with van der Waals surface area (Å²) >= 11 is 0. The lowest BCUT2D eigenvalue weighted by molar-refractivity contribution is -0.138. The third-order valence-electron chi connectivity index (χ3n) is 6.37. The van der Waals surface area contributed by atoms with Crippen molar-refractivity contribution in [3.8, 4) is 11.1 Å². The molecule has 1 aliphatic rings. The number of ether oxygens (including phenoxy) is 1. The van der Waals surface area contributed by atoms with E-state index in [0.29, 0.717) is 12.8 Å². The summed E-state index contributed by atoms with van der Waals surface area (Å²) in [6, 6.07) is 15.9. The Balaban J connectivity index is 1.49. The van der Waals surface area contributed by atoms with E-state index in [-0.39, 0.29) is 31.4 Å². The van der Waals surface area contributed by atoms with E-state index in [1.165, 1.54) is 11.1 Å². The quantitative estimate of drug-likeness (QED) is 0.445. The Morgan fingerprint density at radius 2 is 1.62 bits per heavy atom. The number of nitrogens with one attached hydrogen (secondary N) is 2. The normalized spacial score (nSPS) is 13.5. The Morgan fingerprint density at radius 3 is 2.18 bits per heavy atom. The van der Waals surface area contributed by atoms with Gasteiger partial charge in [0.15, 0.2) is 0 Å². The van der Waals surface area contributed by atoms with Crippen molar-refractivity contribution in [1.82, 2.24) is 10.6 Å². The topological polar surface area (TPSA) is 105 Å². The first-order valence-electron chi connectivity index (χ1n) is 11.8. The molecule has 0 spiro atoms. The minimum atomic E-state index is -0.937. The van der Waals surface area contributed by atoms with Gasteiger partial charge < -0.3 is 20.5 Å². The molecule has 0 radical (unpaired) electrons. The summed E-state index contributed by atoms with van der Waals surface area (Å²) in [6.07, 6.45) is 1.16. The molecule has 0 heterocycles. The van der Waals surface area contributed by atoms with Crippen LogP contribution in [0.3, 0.4) is 0 Å². The molecule has 2 aromatic carbocycles. The number of carbonyl (C=O) groups is 3. The maximum atomic E-state index is 12.7. The highest BCUT2D eigenvalue weighted by molar-refractivity contribution is 5.83. The van der Waals surface area contributed by atoms with Crippen molar-refractivity contribution in [2.24, 2.45) is 5.41 Å². The smallest absolute Gasteiger partial charge is 0.407 e. The number of carboxylic acids is 1. The van der Waals surface area contributed by atoms with E-state index in [0.717, 1.165) is 17.5 Å². The van der Waals surface area contributed by atoms with Crippen LogP contribution in [0.4, 0.5) is 4.79 Å². The van der Waals surface area contributed by atoms with Gasteiger partial charge in [0.2, 0.25) is 5.91 Å². The van der Waals surface area contributed by atoms with Crippen molar-refractivity contribution in [2.75, 3.05) is 13.2 Å². The fourth-order valence-corrected chi connectivity index (χ4v) is 4.41. The average Bonchev–Trinajstić information content (AvgIpc) is 3.11. The second-order valence-corrected chi connectivity index (χ2v) is 9.44. The molecule has 0 saturated carbocycles. The predicted octanol–water partition coefficient (Wildman–Crippen LogP) is 4.70. The lowest BCUT2D eigenvalue weighted by atomic mass is 9.87. The molecule has 0 unspecified atom stereocenters. The number of amides is 2. The van der Waals surface area contributed by atoms with Crippen molar-refractivity contribution in [3.63, 3.8) is 0 Å². The monoisotopic (exact) mass is 466 g/mol. The number of hydrogen-bond acceptors (Lipinski definition) is 4. The third kappa shape index (κ3) is 6.16. The van der Waals surface area contributed by atoms with Gasteiger partial charge in [-0.1, -0.05) is 75.7 Å². The molecule has 1 aliphatic carbocycles. The molecular weight excluding hydrogens is 432 g/mol. The number of rotatable bonds is 11. The molecule has 7 nitrogen and oxygen atoms in total. The van der Waals surface area contributed by atoms with Crippen molar-refractivity contribution < 1.29 is 24.2 Å². The molecule has 2 aromatic rings. The summed E-state index contributed by atoms with van der Waals surface area (Å²) in [5.74, 6) is -1.17. The first-order chi connectivity index (χ1) is 16.2. The van der Waals surface area contributed by atoms with Gasteiger partial charge in [-0.15, -0.1) is 0 Å². The van der Waals surface area contributed by atoms with E-state index in [1.807, 2.05) is 31.2 Å². The van der Waals surface area contributed by atoms with E-state index < -0.39 is 23.5 Å². The van der Waals surface area contributed by atoms with Crippen LogP contribution in [0.5, 0.6) is 0 Å². The van der Waals surface area contributed by atoms with Crippen molar-refractivity contribution >= 4 is 18.0 Å². The molecule has 0 bridgehead atoms. The first kappa shape index (κ1) is 25.3. The number of alkyl carbamates (subject to hydrolysis) is 1. The van der Waals surface area contributed by atoms with E-state index in [2.05, 4.69) is 34.9 Å². The van der Waals surface area contributed by atoms with Crippen molar-refractivity contribution in [2.45, 2.75) is 58.4 Å². The summed E-state index contributed by atoms with van der Waals surface area (Å²) in [4.78, 5) is 36.1. The molecule has 7 heteroatoms. The largest absolute Gasteiger partial charge is 0.481 e. The number of benzene rings is 2. The number of carboxylic acid groups (broad SMARTS) is 1. The third-order valence-corrected chi connectivity index (χ3v) is 6.37. The zero-order chi connectivity index (χ0) is 24.7. The number of fused-ring (bicyclic) bond motifs is 3. The van der Waals surface area contributed by atoms with Gasteiger partial charge in [0.25, 0.3) is 0 Å². The minimum Gasteiger partial charge on any atom is -0.481 e. The minimum absolute atomic E-state index is 0.00916. The fraction of sp³-hybridized carbons (Fsp3) is 0.444. The van der Waals surface area contributed by atoms with E-state index >= 15 is 0 Å². The van der Waals surface area contributed by atoms with Crippen LogP contribution >= 0.6 is 0 Å². The van der Waals surface area contributed by atoms with Crippen molar-refractivity contribution in [3.05, 3.63) is 59.7 Å². The molecular formula is C27H34N2O5. The van der Waals surface area contributed by atoms with Gasteiger partial charge in [-0.05, 0) is 35.1 Å². The van der Waals surface area contributed by atoms with Crippen LogP contribution in [-0.4, -0.2) is 42.3 Å². The molecule has 3 N–H and O–H groups in total. The Kier molecular flexibility index (Phi) is 8.31. The highest BCUT2D eigenvalue weighted by atomic mass is 16.5. The molecule has 34 heavy (non-hydrogen) atoms. The highest BCUT2D eigenvalue weighted by Gasteiger charge is 2.31.